The van der Waals surface area contributed by atoms with Gasteiger partial charge in [-0.1, -0.05) is 32.8 Å². The molecule has 0 heterocycles. The zero-order valence-electron chi connectivity index (χ0n) is 21.7. The number of rotatable bonds is 9. The highest BCUT2D eigenvalue weighted by atomic mass is 32.2. The van der Waals surface area contributed by atoms with Gasteiger partial charge in [0.1, 0.15) is 6.61 Å². The Balaban J connectivity index is 1.45. The first-order valence-electron chi connectivity index (χ1n) is 13.4. The van der Waals surface area contributed by atoms with Crippen LogP contribution in [-0.4, -0.2) is 53.7 Å². The molecule has 8 atom stereocenters. The Labute approximate surface area is 214 Å². The fraction of sp³-hybridized carbons (Fsp3) is 0.821. The number of aliphatic hydroxyl groups excluding tert-OH is 1. The van der Waals surface area contributed by atoms with Crippen molar-refractivity contribution in [3.05, 3.63) is 11.6 Å². The number of hydrogen-bond donors (Lipinski definition) is 1. The lowest BCUT2D eigenvalue weighted by Crippen LogP contribution is -2.57. The molecule has 6 nitrogen and oxygen atoms in total. The molecule has 4 aliphatic rings. The van der Waals surface area contributed by atoms with Gasteiger partial charge >= 0.3 is 5.97 Å². The number of aliphatic hydroxyl groups is 1. The van der Waals surface area contributed by atoms with E-state index in [9.17, 15) is 19.5 Å². The molecule has 3 saturated carbocycles. The highest BCUT2D eigenvalue weighted by molar-refractivity contribution is 7.98. The molecule has 4 rings (SSSR count). The van der Waals surface area contributed by atoms with Crippen LogP contribution in [0.25, 0.3) is 0 Å². The van der Waals surface area contributed by atoms with E-state index in [-0.39, 0.29) is 40.8 Å². The number of thioether (sulfide) groups is 1. The van der Waals surface area contributed by atoms with Crippen LogP contribution in [0.15, 0.2) is 11.6 Å². The van der Waals surface area contributed by atoms with E-state index in [0.29, 0.717) is 37.0 Å². The zero-order chi connectivity index (χ0) is 25.4. The third-order valence-electron chi connectivity index (χ3n) is 9.84. The van der Waals surface area contributed by atoms with Gasteiger partial charge in [-0.05, 0) is 85.9 Å². The molecule has 0 aliphatic heterocycles. The van der Waals surface area contributed by atoms with Gasteiger partial charge in [0.2, 0.25) is 0 Å². The Morgan fingerprint density at radius 1 is 1.23 bits per heavy atom. The molecule has 0 radical (unpaired) electrons. The lowest BCUT2D eigenvalue weighted by molar-refractivity contribution is -0.162. The average molecular weight is 507 g/mol. The SMILES string of the molecule is CCCC(OCSC)C(=O)OCC(=O)[C@H]1CC[C@H]2[C@@H]3CCC4=CC(=O)CC[C@]4(C)[C@H]3[C@@H](O)C[C@]12C. The molecule has 0 aromatic rings. The lowest BCUT2D eigenvalue weighted by atomic mass is 9.46. The number of esters is 1. The monoisotopic (exact) mass is 506 g/mol. The van der Waals surface area contributed by atoms with Crippen LogP contribution >= 0.6 is 11.8 Å². The summed E-state index contributed by atoms with van der Waals surface area (Å²) in [4.78, 5) is 38.0. The Kier molecular flexibility index (Phi) is 8.19. The van der Waals surface area contributed by atoms with Crippen molar-refractivity contribution in [1.29, 1.82) is 0 Å². The minimum absolute atomic E-state index is 0.0278. The number of allylic oxidation sites excluding steroid dienone is 1. The maximum absolute atomic E-state index is 13.3. The summed E-state index contributed by atoms with van der Waals surface area (Å²) in [6.45, 7) is 6.20. The second-order valence-electron chi connectivity index (χ2n) is 11.7. The molecule has 196 valence electrons. The topological polar surface area (TPSA) is 89.9 Å². The number of hydrogen-bond acceptors (Lipinski definition) is 7. The first-order valence-corrected chi connectivity index (χ1v) is 14.8. The summed E-state index contributed by atoms with van der Waals surface area (Å²) in [6.07, 6.45) is 9.62. The molecule has 4 aliphatic carbocycles. The van der Waals surface area contributed by atoms with Crippen molar-refractivity contribution in [2.45, 2.75) is 90.8 Å². The predicted molar refractivity (Wildman–Crippen MR) is 136 cm³/mol. The summed E-state index contributed by atoms with van der Waals surface area (Å²) in [5.41, 5.74) is 0.811. The van der Waals surface area contributed by atoms with E-state index < -0.39 is 18.2 Å². The molecule has 0 bridgehead atoms. The number of ether oxygens (including phenoxy) is 2. The summed E-state index contributed by atoms with van der Waals surface area (Å²) < 4.78 is 11.1. The maximum atomic E-state index is 13.3. The second kappa shape index (κ2) is 10.7. The quantitative estimate of drug-likeness (QED) is 0.357. The fourth-order valence-corrected chi connectivity index (χ4v) is 8.53. The number of carbonyl (C=O) groups is 3. The molecule has 1 N–H and O–H groups in total. The van der Waals surface area contributed by atoms with Gasteiger partial charge in [0.15, 0.2) is 17.7 Å². The van der Waals surface area contributed by atoms with Gasteiger partial charge in [0.05, 0.1) is 12.0 Å². The second-order valence-corrected chi connectivity index (χ2v) is 12.5. The molecule has 0 amide bonds. The molecule has 0 saturated heterocycles. The molecule has 0 spiro atoms. The van der Waals surface area contributed by atoms with E-state index in [2.05, 4.69) is 13.8 Å². The van der Waals surface area contributed by atoms with E-state index in [4.69, 9.17) is 9.47 Å². The van der Waals surface area contributed by atoms with Crippen molar-refractivity contribution in [1.82, 2.24) is 0 Å². The smallest absolute Gasteiger partial charge is 0.335 e. The van der Waals surface area contributed by atoms with Gasteiger partial charge in [-0.3, -0.25) is 9.59 Å². The molecular formula is C28H42O6S. The minimum Gasteiger partial charge on any atom is -0.456 e. The summed E-state index contributed by atoms with van der Waals surface area (Å²) in [5.74, 6) is 0.813. The third kappa shape index (κ3) is 4.89. The van der Waals surface area contributed by atoms with E-state index in [1.807, 2.05) is 19.3 Å². The summed E-state index contributed by atoms with van der Waals surface area (Å²) in [6, 6.07) is 0. The highest BCUT2D eigenvalue weighted by Crippen LogP contribution is 2.66. The van der Waals surface area contributed by atoms with Gasteiger partial charge < -0.3 is 14.6 Å². The van der Waals surface area contributed by atoms with E-state index >= 15 is 0 Å². The normalized spacial score (nSPS) is 39.2. The average Bonchev–Trinajstić information content (AvgIpc) is 3.16. The van der Waals surface area contributed by atoms with Crippen LogP contribution in [0.1, 0.15) is 78.6 Å². The zero-order valence-corrected chi connectivity index (χ0v) is 22.5. The molecule has 1 unspecified atom stereocenters. The Morgan fingerprint density at radius 2 is 2.00 bits per heavy atom. The van der Waals surface area contributed by atoms with Crippen LogP contribution in [0.4, 0.5) is 0 Å². The molecule has 35 heavy (non-hydrogen) atoms. The van der Waals surface area contributed by atoms with Crippen molar-refractivity contribution in [3.8, 4) is 0 Å². The molecule has 7 heteroatoms. The molecule has 0 aromatic carbocycles. The predicted octanol–water partition coefficient (Wildman–Crippen LogP) is 4.72. The van der Waals surface area contributed by atoms with Gasteiger partial charge in [-0.15, -0.1) is 11.8 Å². The van der Waals surface area contributed by atoms with Gasteiger partial charge in [-0.2, -0.15) is 0 Å². The first kappa shape index (κ1) is 26.9. The van der Waals surface area contributed by atoms with Crippen molar-refractivity contribution in [2.75, 3.05) is 18.8 Å². The van der Waals surface area contributed by atoms with Crippen LogP contribution in [0.3, 0.4) is 0 Å². The molecular weight excluding hydrogens is 464 g/mol. The standard InChI is InChI=1S/C28H42O6S/c1-5-6-24(34-16-35-4)26(32)33-15-23(31)21-10-9-20-19-8-7-17-13-18(29)11-12-27(17,2)25(19)22(30)14-28(20,21)3/h13,19-22,24-25,30H,5-12,14-16H2,1-4H3/t19-,20-,21+,22-,24?,25+,27-,28-/m0/s1. The van der Waals surface area contributed by atoms with Crippen molar-refractivity contribution in [3.63, 3.8) is 0 Å². The van der Waals surface area contributed by atoms with Crippen LogP contribution in [-0.2, 0) is 23.9 Å². The minimum atomic E-state index is -0.628. The Morgan fingerprint density at radius 3 is 2.71 bits per heavy atom. The van der Waals surface area contributed by atoms with Crippen LogP contribution in [0.5, 0.6) is 0 Å². The van der Waals surface area contributed by atoms with Crippen LogP contribution in [0, 0.1) is 34.5 Å². The van der Waals surface area contributed by atoms with Crippen LogP contribution in [0.2, 0.25) is 0 Å². The van der Waals surface area contributed by atoms with Gasteiger partial charge in [0, 0.05) is 12.3 Å². The van der Waals surface area contributed by atoms with Crippen molar-refractivity contribution in [2.24, 2.45) is 34.5 Å². The molecule has 3 fully saturated rings. The summed E-state index contributed by atoms with van der Waals surface area (Å²) >= 11 is 1.50. The van der Waals surface area contributed by atoms with Gasteiger partial charge in [-0.25, -0.2) is 4.79 Å². The Hall–Kier alpha value is -1.18. The number of carbonyl (C=O) groups excluding carboxylic acids is 3. The van der Waals surface area contributed by atoms with E-state index in [1.54, 1.807) is 0 Å². The number of fused-ring (bicyclic) bond motifs is 5. The van der Waals surface area contributed by atoms with Crippen LogP contribution < -0.4 is 0 Å². The third-order valence-corrected chi connectivity index (χ3v) is 10.2. The maximum Gasteiger partial charge on any atom is 0.335 e. The van der Waals surface area contributed by atoms with Crippen molar-refractivity contribution >= 4 is 29.3 Å². The summed E-state index contributed by atoms with van der Waals surface area (Å²) in [7, 11) is 0. The van der Waals surface area contributed by atoms with E-state index in [0.717, 1.165) is 38.5 Å². The fourth-order valence-electron chi connectivity index (χ4n) is 8.23. The molecule has 0 aromatic heterocycles. The first-order chi connectivity index (χ1) is 16.7. The van der Waals surface area contributed by atoms with Gasteiger partial charge in [0.25, 0.3) is 0 Å². The number of ketones is 2. The highest BCUT2D eigenvalue weighted by Gasteiger charge is 2.62. The van der Waals surface area contributed by atoms with E-state index in [1.165, 1.54) is 17.3 Å². The largest absolute Gasteiger partial charge is 0.456 e. The van der Waals surface area contributed by atoms with Crippen molar-refractivity contribution < 1.29 is 29.0 Å². The summed E-state index contributed by atoms with van der Waals surface area (Å²) in [5, 5.41) is 11.5. The number of Topliss-reactive ketones (excluding diaryl/α,β-unsaturated/α-hetero) is 1. The Bertz CT molecular complexity index is 870. The lowest BCUT2D eigenvalue weighted by Gasteiger charge is -2.59.